The van der Waals surface area contributed by atoms with Crippen LogP contribution < -0.4 is 5.32 Å². The average molecular weight is 247 g/mol. The van der Waals surface area contributed by atoms with Crippen LogP contribution in [0.3, 0.4) is 0 Å². The molecule has 0 bridgehead atoms. The molecule has 2 rings (SSSR count). The molecule has 2 N–H and O–H groups in total. The fraction of sp³-hybridized carbons (Fsp3) is 0.533. The normalized spacial score (nSPS) is 16.7. The first kappa shape index (κ1) is 12.9. The summed E-state index contributed by atoms with van der Waals surface area (Å²) in [4.78, 5) is 12.0. The maximum Gasteiger partial charge on any atom is 0.255 e. The van der Waals surface area contributed by atoms with Crippen LogP contribution in [0.1, 0.15) is 42.6 Å². The molecule has 1 aromatic carbocycles. The number of para-hydroxylation sites is 1. The minimum Gasteiger partial charge on any atom is -0.507 e. The topological polar surface area (TPSA) is 49.3 Å². The van der Waals surface area contributed by atoms with E-state index in [1.165, 1.54) is 12.8 Å². The number of nitrogens with one attached hydrogen (secondary N) is 1. The highest BCUT2D eigenvalue weighted by atomic mass is 16.3. The van der Waals surface area contributed by atoms with Gasteiger partial charge in [0.15, 0.2) is 0 Å². The van der Waals surface area contributed by atoms with E-state index in [1.54, 1.807) is 25.1 Å². The van der Waals surface area contributed by atoms with E-state index in [0.29, 0.717) is 18.0 Å². The van der Waals surface area contributed by atoms with Gasteiger partial charge in [0, 0.05) is 6.54 Å². The highest BCUT2D eigenvalue weighted by Gasteiger charge is 2.45. The van der Waals surface area contributed by atoms with Gasteiger partial charge in [-0.25, -0.2) is 0 Å². The van der Waals surface area contributed by atoms with E-state index in [9.17, 15) is 9.90 Å². The van der Waals surface area contributed by atoms with Gasteiger partial charge in [-0.3, -0.25) is 4.79 Å². The Balaban J connectivity index is 2.03. The number of carbonyl (C=O) groups excluding carboxylic acids is 1. The fourth-order valence-corrected chi connectivity index (χ4v) is 2.31. The van der Waals surface area contributed by atoms with E-state index in [1.807, 2.05) is 0 Å². The quantitative estimate of drug-likeness (QED) is 0.859. The molecule has 1 aliphatic carbocycles. The molecule has 1 saturated carbocycles. The summed E-state index contributed by atoms with van der Waals surface area (Å²) in [5.41, 5.74) is 1.39. The zero-order valence-electron chi connectivity index (χ0n) is 11.3. The van der Waals surface area contributed by atoms with Gasteiger partial charge in [0.25, 0.3) is 5.91 Å². The van der Waals surface area contributed by atoms with Crippen LogP contribution in [0.2, 0.25) is 0 Å². The Kier molecular flexibility index (Phi) is 3.33. The minimum absolute atomic E-state index is 0.0874. The van der Waals surface area contributed by atoms with Gasteiger partial charge in [0.2, 0.25) is 0 Å². The van der Waals surface area contributed by atoms with Crippen molar-refractivity contribution in [1.29, 1.82) is 0 Å². The lowest BCUT2D eigenvalue weighted by atomic mass is 9.92. The number of aromatic hydroxyl groups is 1. The molecule has 18 heavy (non-hydrogen) atoms. The number of phenolic OH excluding ortho intramolecular Hbond substituents is 1. The van der Waals surface area contributed by atoms with E-state index >= 15 is 0 Å². The molecule has 0 spiro atoms. The Hall–Kier alpha value is -1.51. The highest BCUT2D eigenvalue weighted by molar-refractivity contribution is 5.97. The van der Waals surface area contributed by atoms with Crippen LogP contribution in [0.5, 0.6) is 5.75 Å². The number of aryl methyl sites for hydroxylation is 1. The lowest BCUT2D eigenvalue weighted by Gasteiger charge is -2.20. The summed E-state index contributed by atoms with van der Waals surface area (Å²) < 4.78 is 0. The maximum absolute atomic E-state index is 12.0. The van der Waals surface area contributed by atoms with E-state index in [0.717, 1.165) is 5.56 Å². The number of amides is 1. The summed E-state index contributed by atoms with van der Waals surface area (Å²) in [6.07, 6.45) is 2.37. The molecule has 1 aromatic rings. The summed E-state index contributed by atoms with van der Waals surface area (Å²) >= 11 is 0. The van der Waals surface area contributed by atoms with Crippen LogP contribution in [-0.4, -0.2) is 17.6 Å². The molecule has 98 valence electrons. The second kappa shape index (κ2) is 4.63. The largest absolute Gasteiger partial charge is 0.507 e. The number of rotatable bonds is 4. The molecule has 0 heterocycles. The van der Waals surface area contributed by atoms with Crippen molar-refractivity contribution in [3.05, 3.63) is 29.3 Å². The number of hydrogen-bond donors (Lipinski definition) is 2. The lowest BCUT2D eigenvalue weighted by molar-refractivity contribution is 0.0937. The van der Waals surface area contributed by atoms with Gasteiger partial charge in [-0.05, 0) is 42.7 Å². The van der Waals surface area contributed by atoms with E-state index in [-0.39, 0.29) is 17.1 Å². The first-order valence-corrected chi connectivity index (χ1v) is 6.53. The van der Waals surface area contributed by atoms with Crippen molar-refractivity contribution in [1.82, 2.24) is 5.32 Å². The van der Waals surface area contributed by atoms with Crippen LogP contribution in [-0.2, 0) is 0 Å². The first-order valence-electron chi connectivity index (χ1n) is 6.53. The molecule has 1 aliphatic rings. The lowest BCUT2D eigenvalue weighted by Crippen LogP contribution is -2.32. The highest BCUT2D eigenvalue weighted by Crippen LogP contribution is 2.51. The third-order valence-electron chi connectivity index (χ3n) is 4.20. The van der Waals surface area contributed by atoms with Crippen molar-refractivity contribution >= 4 is 5.91 Å². The molecule has 0 aliphatic heterocycles. The van der Waals surface area contributed by atoms with Crippen molar-refractivity contribution in [2.45, 2.75) is 33.6 Å². The van der Waals surface area contributed by atoms with Crippen LogP contribution in [0.25, 0.3) is 0 Å². The molecule has 0 radical (unpaired) electrons. The van der Waals surface area contributed by atoms with Crippen LogP contribution in [0.4, 0.5) is 0 Å². The predicted octanol–water partition coefficient (Wildman–Crippen LogP) is 2.87. The number of benzene rings is 1. The van der Waals surface area contributed by atoms with Gasteiger partial charge in [-0.2, -0.15) is 0 Å². The van der Waals surface area contributed by atoms with Gasteiger partial charge < -0.3 is 10.4 Å². The Bertz CT molecular complexity index is 462. The van der Waals surface area contributed by atoms with E-state index < -0.39 is 0 Å². The summed E-state index contributed by atoms with van der Waals surface area (Å²) in [6.45, 7) is 6.89. The van der Waals surface area contributed by atoms with Gasteiger partial charge in [-0.1, -0.05) is 26.0 Å². The minimum atomic E-state index is -0.178. The number of hydrogen-bond acceptors (Lipinski definition) is 2. The van der Waals surface area contributed by atoms with Crippen molar-refractivity contribution in [3.63, 3.8) is 0 Å². The molecule has 1 fully saturated rings. The second-order valence-electron chi connectivity index (χ2n) is 5.67. The molecular weight excluding hydrogens is 226 g/mol. The Morgan fingerprint density at radius 1 is 1.44 bits per heavy atom. The summed E-state index contributed by atoms with van der Waals surface area (Å²) in [6, 6.07) is 5.24. The van der Waals surface area contributed by atoms with Gasteiger partial charge in [0.1, 0.15) is 5.75 Å². The monoisotopic (exact) mass is 247 g/mol. The summed E-state index contributed by atoms with van der Waals surface area (Å²) in [5.74, 6) is 0.497. The molecule has 0 unspecified atom stereocenters. The third-order valence-corrected chi connectivity index (χ3v) is 4.20. The number of phenols is 1. The van der Waals surface area contributed by atoms with Crippen molar-refractivity contribution in [2.75, 3.05) is 6.54 Å². The molecular formula is C15H21NO2. The van der Waals surface area contributed by atoms with Crippen LogP contribution in [0.15, 0.2) is 18.2 Å². The SMILES string of the molecule is Cc1cccc(C(=O)NCC2(C(C)C)CC2)c1O. The predicted molar refractivity (Wildman–Crippen MR) is 71.7 cm³/mol. The number of carbonyl (C=O) groups is 1. The Morgan fingerprint density at radius 2 is 2.11 bits per heavy atom. The smallest absolute Gasteiger partial charge is 0.255 e. The van der Waals surface area contributed by atoms with Gasteiger partial charge in [-0.15, -0.1) is 0 Å². The van der Waals surface area contributed by atoms with Gasteiger partial charge in [0.05, 0.1) is 5.56 Å². The standard InChI is InChI=1S/C15H21NO2/c1-10(2)15(7-8-15)9-16-14(18)12-6-4-5-11(3)13(12)17/h4-6,10,17H,7-9H2,1-3H3,(H,16,18). The summed E-state index contributed by atoms with van der Waals surface area (Å²) in [5, 5.41) is 12.8. The molecule has 0 aromatic heterocycles. The van der Waals surface area contributed by atoms with E-state index in [4.69, 9.17) is 0 Å². The zero-order chi connectivity index (χ0) is 13.3. The average Bonchev–Trinajstić information content (AvgIpc) is 3.11. The second-order valence-corrected chi connectivity index (χ2v) is 5.67. The Labute approximate surface area is 108 Å². The molecule has 3 heteroatoms. The molecule has 0 atom stereocenters. The maximum atomic E-state index is 12.0. The van der Waals surface area contributed by atoms with Crippen molar-refractivity contribution < 1.29 is 9.90 Å². The van der Waals surface area contributed by atoms with Crippen molar-refractivity contribution in [2.24, 2.45) is 11.3 Å². The Morgan fingerprint density at radius 3 is 2.67 bits per heavy atom. The molecule has 1 amide bonds. The van der Waals surface area contributed by atoms with Crippen LogP contribution in [0, 0.1) is 18.3 Å². The molecule has 0 saturated heterocycles. The third kappa shape index (κ3) is 2.35. The zero-order valence-corrected chi connectivity index (χ0v) is 11.3. The van der Waals surface area contributed by atoms with E-state index in [2.05, 4.69) is 19.2 Å². The fourth-order valence-electron chi connectivity index (χ4n) is 2.31. The van der Waals surface area contributed by atoms with Gasteiger partial charge >= 0.3 is 0 Å². The van der Waals surface area contributed by atoms with Crippen molar-refractivity contribution in [3.8, 4) is 5.75 Å². The first-order chi connectivity index (χ1) is 8.46. The summed E-state index contributed by atoms with van der Waals surface area (Å²) in [7, 11) is 0. The molecule has 3 nitrogen and oxygen atoms in total. The van der Waals surface area contributed by atoms with Crippen LogP contribution >= 0.6 is 0 Å².